The molecule has 27 heavy (non-hydrogen) atoms. The lowest BCUT2D eigenvalue weighted by Gasteiger charge is -2.06. The molecular weight excluding hydrogens is 389 g/mol. The Labute approximate surface area is 164 Å². The zero-order valence-corrected chi connectivity index (χ0v) is 15.6. The third-order valence-corrected chi connectivity index (χ3v) is 4.87. The van der Waals surface area contributed by atoms with Crippen molar-refractivity contribution in [1.82, 2.24) is 15.8 Å². The van der Waals surface area contributed by atoms with Crippen molar-refractivity contribution in [1.29, 1.82) is 0 Å². The summed E-state index contributed by atoms with van der Waals surface area (Å²) in [5, 5.41) is 3.10. The summed E-state index contributed by atoms with van der Waals surface area (Å²) in [7, 11) is 0. The van der Waals surface area contributed by atoms with E-state index in [4.69, 9.17) is 11.6 Å². The molecule has 3 rings (SSSR count). The molecule has 1 aromatic heterocycles. The number of carbonyl (C=O) groups is 2. The predicted molar refractivity (Wildman–Crippen MR) is 103 cm³/mol. The van der Waals surface area contributed by atoms with Crippen molar-refractivity contribution in [3.8, 4) is 10.6 Å². The Bertz CT molecular complexity index is 960. The van der Waals surface area contributed by atoms with Gasteiger partial charge in [-0.3, -0.25) is 20.4 Å². The van der Waals surface area contributed by atoms with Crippen molar-refractivity contribution in [2.24, 2.45) is 0 Å². The van der Waals surface area contributed by atoms with Gasteiger partial charge in [-0.05, 0) is 23.8 Å². The Balaban J connectivity index is 1.50. The Hall–Kier alpha value is -2.77. The smallest absolute Gasteiger partial charge is 0.244 e. The summed E-state index contributed by atoms with van der Waals surface area (Å²) in [4.78, 5) is 28.2. The molecule has 0 saturated carbocycles. The molecule has 0 aliphatic carbocycles. The third kappa shape index (κ3) is 5.35. The van der Waals surface area contributed by atoms with Gasteiger partial charge in [0.25, 0.3) is 0 Å². The summed E-state index contributed by atoms with van der Waals surface area (Å²) in [6.45, 7) is 0. The average Bonchev–Trinajstić information content (AvgIpc) is 3.10. The largest absolute Gasteiger partial charge is 0.273 e. The maximum absolute atomic E-state index is 12.8. The van der Waals surface area contributed by atoms with E-state index in [0.29, 0.717) is 16.3 Å². The molecule has 0 spiro atoms. The van der Waals surface area contributed by atoms with Crippen LogP contribution < -0.4 is 10.9 Å². The van der Waals surface area contributed by atoms with Crippen LogP contribution in [-0.2, 0) is 22.4 Å². The topological polar surface area (TPSA) is 71.1 Å². The minimum atomic E-state index is -0.398. The van der Waals surface area contributed by atoms with Gasteiger partial charge in [0.2, 0.25) is 11.8 Å². The molecule has 1 heterocycles. The number of hydrogen-bond acceptors (Lipinski definition) is 4. The maximum atomic E-state index is 12.8. The number of halogens is 2. The van der Waals surface area contributed by atoms with Crippen molar-refractivity contribution in [3.05, 3.63) is 76.0 Å². The number of benzene rings is 2. The molecule has 0 aliphatic heterocycles. The Morgan fingerprint density at radius 2 is 1.67 bits per heavy atom. The molecule has 0 unspecified atom stereocenters. The van der Waals surface area contributed by atoms with Gasteiger partial charge < -0.3 is 0 Å². The van der Waals surface area contributed by atoms with Gasteiger partial charge in [-0.2, -0.15) is 0 Å². The number of hydrazine groups is 1. The highest BCUT2D eigenvalue weighted by molar-refractivity contribution is 7.13. The Morgan fingerprint density at radius 1 is 1.00 bits per heavy atom. The van der Waals surface area contributed by atoms with Gasteiger partial charge in [-0.25, -0.2) is 9.37 Å². The van der Waals surface area contributed by atoms with Crippen LogP contribution in [0.5, 0.6) is 0 Å². The highest BCUT2D eigenvalue weighted by Crippen LogP contribution is 2.30. The summed E-state index contributed by atoms with van der Waals surface area (Å²) in [6, 6.07) is 12.9. The molecule has 5 nitrogen and oxygen atoms in total. The zero-order chi connectivity index (χ0) is 19.2. The fourth-order valence-electron chi connectivity index (χ4n) is 2.33. The fraction of sp³-hybridized carbons (Fsp3) is 0.105. The van der Waals surface area contributed by atoms with E-state index >= 15 is 0 Å². The van der Waals surface area contributed by atoms with Gasteiger partial charge in [-0.1, -0.05) is 41.9 Å². The summed E-state index contributed by atoms with van der Waals surface area (Å²) < 4.78 is 12.8. The van der Waals surface area contributed by atoms with Crippen LogP contribution in [0.3, 0.4) is 0 Å². The zero-order valence-electron chi connectivity index (χ0n) is 14.0. The molecule has 0 fully saturated rings. The standard InChI is InChI=1S/C19H15ClFN3O2S/c20-16-4-2-1-3-15(16)19-22-14(11-27-19)10-18(26)24-23-17(25)9-12-5-7-13(21)8-6-12/h1-8,11H,9-10H2,(H,23,25)(H,24,26). The summed E-state index contributed by atoms with van der Waals surface area (Å²) >= 11 is 7.55. The highest BCUT2D eigenvalue weighted by Gasteiger charge is 2.12. The first-order valence-electron chi connectivity index (χ1n) is 8.02. The van der Waals surface area contributed by atoms with E-state index in [9.17, 15) is 14.0 Å². The van der Waals surface area contributed by atoms with E-state index in [1.807, 2.05) is 18.2 Å². The first-order valence-corrected chi connectivity index (χ1v) is 9.28. The summed E-state index contributed by atoms with van der Waals surface area (Å²) in [5.74, 6) is -1.16. The first kappa shape index (κ1) is 19.0. The van der Waals surface area contributed by atoms with Gasteiger partial charge in [0, 0.05) is 10.9 Å². The van der Waals surface area contributed by atoms with Crippen LogP contribution in [0, 0.1) is 5.82 Å². The van der Waals surface area contributed by atoms with Crippen molar-refractivity contribution < 1.29 is 14.0 Å². The third-order valence-electron chi connectivity index (χ3n) is 3.62. The van der Waals surface area contributed by atoms with Crippen LogP contribution in [0.2, 0.25) is 5.02 Å². The van der Waals surface area contributed by atoms with Crippen LogP contribution in [-0.4, -0.2) is 16.8 Å². The van der Waals surface area contributed by atoms with E-state index < -0.39 is 11.8 Å². The molecule has 8 heteroatoms. The lowest BCUT2D eigenvalue weighted by atomic mass is 10.1. The minimum absolute atomic E-state index is 0.0256. The number of carbonyl (C=O) groups excluding carboxylic acids is 2. The molecule has 0 radical (unpaired) electrons. The Morgan fingerprint density at radius 3 is 2.37 bits per heavy atom. The van der Waals surface area contributed by atoms with Gasteiger partial charge in [0.05, 0.1) is 23.6 Å². The van der Waals surface area contributed by atoms with E-state index in [1.54, 1.807) is 11.4 Å². The second kappa shape index (κ2) is 8.75. The van der Waals surface area contributed by atoms with Crippen LogP contribution >= 0.6 is 22.9 Å². The minimum Gasteiger partial charge on any atom is -0.273 e. The normalized spacial score (nSPS) is 10.4. The molecule has 0 saturated heterocycles. The number of thiazole rings is 1. The summed E-state index contributed by atoms with van der Waals surface area (Å²) in [6.07, 6.45) is 0.0612. The SMILES string of the molecule is O=C(Cc1ccc(F)cc1)NNC(=O)Cc1csc(-c2ccccc2Cl)n1. The number of hydrogen-bond donors (Lipinski definition) is 2. The van der Waals surface area contributed by atoms with Crippen LogP contribution in [0.15, 0.2) is 53.9 Å². The van der Waals surface area contributed by atoms with Crippen molar-refractivity contribution in [2.75, 3.05) is 0 Å². The molecular formula is C19H15ClFN3O2S. The quantitative estimate of drug-likeness (QED) is 0.640. The lowest BCUT2D eigenvalue weighted by Crippen LogP contribution is -2.43. The van der Waals surface area contributed by atoms with E-state index in [-0.39, 0.29) is 18.7 Å². The van der Waals surface area contributed by atoms with E-state index in [2.05, 4.69) is 15.8 Å². The number of nitrogens with zero attached hydrogens (tertiary/aromatic N) is 1. The highest BCUT2D eigenvalue weighted by atomic mass is 35.5. The number of nitrogens with one attached hydrogen (secondary N) is 2. The van der Waals surface area contributed by atoms with E-state index in [1.165, 1.54) is 35.6 Å². The fourth-order valence-corrected chi connectivity index (χ4v) is 3.47. The molecule has 0 bridgehead atoms. The van der Waals surface area contributed by atoms with Gasteiger partial charge in [0.1, 0.15) is 10.8 Å². The van der Waals surface area contributed by atoms with Gasteiger partial charge in [-0.15, -0.1) is 11.3 Å². The number of amides is 2. The van der Waals surface area contributed by atoms with Gasteiger partial charge >= 0.3 is 0 Å². The molecule has 0 aliphatic rings. The van der Waals surface area contributed by atoms with E-state index in [0.717, 1.165) is 10.6 Å². The maximum Gasteiger partial charge on any atom is 0.244 e. The second-order valence-corrected chi connectivity index (χ2v) is 6.97. The molecule has 0 atom stereocenters. The predicted octanol–water partition coefficient (Wildman–Crippen LogP) is 3.54. The van der Waals surface area contributed by atoms with Crippen molar-refractivity contribution >= 4 is 34.8 Å². The van der Waals surface area contributed by atoms with Crippen molar-refractivity contribution in [2.45, 2.75) is 12.8 Å². The monoisotopic (exact) mass is 403 g/mol. The average molecular weight is 404 g/mol. The molecule has 3 aromatic rings. The molecule has 2 aromatic carbocycles. The Kier molecular flexibility index (Phi) is 6.16. The van der Waals surface area contributed by atoms with Crippen LogP contribution in [0.4, 0.5) is 4.39 Å². The lowest BCUT2D eigenvalue weighted by molar-refractivity contribution is -0.128. The molecule has 2 amide bonds. The molecule has 138 valence electrons. The summed E-state index contributed by atoms with van der Waals surface area (Å²) in [5.41, 5.74) is 6.72. The van der Waals surface area contributed by atoms with Crippen LogP contribution in [0.25, 0.3) is 10.6 Å². The number of rotatable bonds is 5. The number of aromatic nitrogens is 1. The van der Waals surface area contributed by atoms with Crippen molar-refractivity contribution in [3.63, 3.8) is 0 Å². The van der Waals surface area contributed by atoms with Gasteiger partial charge in [0.15, 0.2) is 0 Å². The second-order valence-electron chi connectivity index (χ2n) is 5.70. The molecule has 2 N–H and O–H groups in total. The first-order chi connectivity index (χ1) is 13.0. The van der Waals surface area contributed by atoms with Crippen LogP contribution in [0.1, 0.15) is 11.3 Å².